The van der Waals surface area contributed by atoms with Crippen molar-refractivity contribution in [2.45, 2.75) is 4.90 Å². The molecule has 2 rings (SSSR count). The number of hydrogen-bond donors (Lipinski definition) is 1. The summed E-state index contributed by atoms with van der Waals surface area (Å²) in [6.45, 7) is 0. The van der Waals surface area contributed by atoms with Gasteiger partial charge < -0.3 is 10.6 Å². The van der Waals surface area contributed by atoms with Crippen LogP contribution >= 0.6 is 27.7 Å². The molecular formula is C15H16BrN3S. The Morgan fingerprint density at radius 2 is 1.95 bits per heavy atom. The second-order valence-electron chi connectivity index (χ2n) is 4.21. The lowest BCUT2D eigenvalue weighted by atomic mass is 10.3. The minimum absolute atomic E-state index is 0.460. The molecular weight excluding hydrogens is 334 g/mol. The standard InChI is InChI=1S/C15H16BrN3S/c1-19(13-7-3-5-11(16)9-13)15(17)18-12-6-4-8-14(10-12)20-2/h3-10H,1-2H3,(H2,17,18). The van der Waals surface area contributed by atoms with Crippen LogP contribution in [0.2, 0.25) is 0 Å². The number of halogens is 1. The zero-order valence-corrected chi connectivity index (χ0v) is 13.8. The fraction of sp³-hybridized carbons (Fsp3) is 0.133. The molecule has 2 aromatic rings. The van der Waals surface area contributed by atoms with Gasteiger partial charge in [0.05, 0.1) is 5.69 Å². The Hall–Kier alpha value is -1.46. The quantitative estimate of drug-likeness (QED) is 0.511. The van der Waals surface area contributed by atoms with E-state index in [9.17, 15) is 0 Å². The number of thioether (sulfide) groups is 1. The second-order valence-corrected chi connectivity index (χ2v) is 6.01. The largest absolute Gasteiger partial charge is 0.369 e. The Kier molecular flexibility index (Phi) is 5.09. The van der Waals surface area contributed by atoms with Gasteiger partial charge in [0, 0.05) is 22.1 Å². The Bertz CT molecular complexity index is 628. The molecule has 0 aliphatic rings. The van der Waals surface area contributed by atoms with E-state index in [1.54, 1.807) is 11.8 Å². The first-order chi connectivity index (χ1) is 9.60. The SMILES string of the molecule is CSc1cccc(N=C(N)N(C)c2cccc(Br)c2)c1. The third kappa shape index (κ3) is 3.77. The first kappa shape index (κ1) is 14.9. The summed E-state index contributed by atoms with van der Waals surface area (Å²) in [7, 11) is 1.90. The molecule has 2 aromatic carbocycles. The molecule has 0 saturated carbocycles. The molecule has 0 amide bonds. The maximum Gasteiger partial charge on any atom is 0.200 e. The van der Waals surface area contributed by atoms with Crippen molar-refractivity contribution in [3.63, 3.8) is 0 Å². The predicted octanol–water partition coefficient (Wildman–Crippen LogP) is 4.25. The Morgan fingerprint density at radius 3 is 2.65 bits per heavy atom. The minimum Gasteiger partial charge on any atom is -0.369 e. The number of guanidine groups is 1. The molecule has 0 fully saturated rings. The summed E-state index contributed by atoms with van der Waals surface area (Å²) < 4.78 is 1.01. The van der Waals surface area contributed by atoms with Gasteiger partial charge in [0.1, 0.15) is 0 Å². The number of hydrogen-bond acceptors (Lipinski definition) is 2. The summed E-state index contributed by atoms with van der Waals surface area (Å²) in [4.78, 5) is 7.49. The lowest BCUT2D eigenvalue weighted by Crippen LogP contribution is -2.33. The van der Waals surface area contributed by atoms with Crippen molar-refractivity contribution in [1.82, 2.24) is 0 Å². The predicted molar refractivity (Wildman–Crippen MR) is 92.1 cm³/mol. The van der Waals surface area contributed by atoms with E-state index in [0.29, 0.717) is 5.96 Å². The number of nitrogens with zero attached hydrogens (tertiary/aromatic N) is 2. The first-order valence-electron chi connectivity index (χ1n) is 6.07. The first-order valence-corrected chi connectivity index (χ1v) is 8.09. The fourth-order valence-electron chi connectivity index (χ4n) is 1.70. The van der Waals surface area contributed by atoms with Crippen LogP contribution in [-0.4, -0.2) is 19.3 Å². The summed E-state index contributed by atoms with van der Waals surface area (Å²) in [5.41, 5.74) is 7.92. The van der Waals surface area contributed by atoms with E-state index in [1.165, 1.54) is 4.90 Å². The van der Waals surface area contributed by atoms with Crippen molar-refractivity contribution in [2.24, 2.45) is 10.7 Å². The smallest absolute Gasteiger partial charge is 0.200 e. The van der Waals surface area contributed by atoms with Crippen LogP contribution in [-0.2, 0) is 0 Å². The van der Waals surface area contributed by atoms with Crippen molar-refractivity contribution < 1.29 is 0 Å². The van der Waals surface area contributed by atoms with E-state index in [2.05, 4.69) is 27.0 Å². The van der Waals surface area contributed by atoms with Gasteiger partial charge in [-0.3, -0.25) is 0 Å². The van der Waals surface area contributed by atoms with Gasteiger partial charge in [-0.2, -0.15) is 0 Å². The van der Waals surface area contributed by atoms with Crippen molar-refractivity contribution in [1.29, 1.82) is 0 Å². The van der Waals surface area contributed by atoms with Gasteiger partial charge in [-0.15, -0.1) is 11.8 Å². The van der Waals surface area contributed by atoms with E-state index >= 15 is 0 Å². The zero-order chi connectivity index (χ0) is 14.5. The van der Waals surface area contributed by atoms with Gasteiger partial charge in [-0.25, -0.2) is 4.99 Å². The summed E-state index contributed by atoms with van der Waals surface area (Å²) in [6.07, 6.45) is 2.04. The normalized spacial score (nSPS) is 11.4. The van der Waals surface area contributed by atoms with E-state index in [0.717, 1.165) is 15.8 Å². The molecule has 0 heterocycles. The summed E-state index contributed by atoms with van der Waals surface area (Å²) in [5, 5.41) is 0. The number of aliphatic imine (C=N–C) groups is 1. The van der Waals surface area contributed by atoms with Crippen LogP contribution in [0.5, 0.6) is 0 Å². The maximum atomic E-state index is 6.08. The molecule has 0 saturated heterocycles. The molecule has 2 N–H and O–H groups in total. The average Bonchev–Trinajstić information content (AvgIpc) is 2.46. The number of benzene rings is 2. The lowest BCUT2D eigenvalue weighted by Gasteiger charge is -2.18. The lowest BCUT2D eigenvalue weighted by molar-refractivity contribution is 1.21. The minimum atomic E-state index is 0.460. The third-order valence-corrected chi connectivity index (χ3v) is 4.05. The van der Waals surface area contributed by atoms with Crippen LogP contribution in [0.3, 0.4) is 0 Å². The number of rotatable bonds is 3. The maximum absolute atomic E-state index is 6.08. The van der Waals surface area contributed by atoms with Crippen molar-refractivity contribution >= 4 is 45.0 Å². The highest BCUT2D eigenvalue weighted by molar-refractivity contribution is 9.10. The fourth-order valence-corrected chi connectivity index (χ4v) is 2.54. The van der Waals surface area contributed by atoms with Crippen molar-refractivity contribution in [3.8, 4) is 0 Å². The van der Waals surface area contributed by atoms with Crippen LogP contribution < -0.4 is 10.6 Å². The molecule has 0 unspecified atom stereocenters. The molecule has 0 bridgehead atoms. The van der Waals surface area contributed by atoms with E-state index in [1.807, 2.05) is 60.7 Å². The van der Waals surface area contributed by atoms with Gasteiger partial charge in [0.25, 0.3) is 0 Å². The molecule has 3 nitrogen and oxygen atoms in total. The van der Waals surface area contributed by atoms with Gasteiger partial charge in [0.2, 0.25) is 5.96 Å². The summed E-state index contributed by atoms with van der Waals surface area (Å²) in [6, 6.07) is 15.9. The highest BCUT2D eigenvalue weighted by atomic mass is 79.9. The van der Waals surface area contributed by atoms with Crippen LogP contribution in [0.15, 0.2) is 62.9 Å². The highest BCUT2D eigenvalue weighted by Gasteiger charge is 2.05. The Balaban J connectivity index is 2.25. The second kappa shape index (κ2) is 6.81. The third-order valence-electron chi connectivity index (χ3n) is 2.84. The number of nitrogens with two attached hydrogens (primary N) is 1. The zero-order valence-electron chi connectivity index (χ0n) is 11.4. The molecule has 0 radical (unpaired) electrons. The van der Waals surface area contributed by atoms with Gasteiger partial charge in [-0.05, 0) is 42.7 Å². The molecule has 0 aliphatic heterocycles. The van der Waals surface area contributed by atoms with Crippen LogP contribution in [0.1, 0.15) is 0 Å². The number of anilines is 1. The molecule has 0 atom stereocenters. The van der Waals surface area contributed by atoms with Crippen LogP contribution in [0, 0.1) is 0 Å². The Morgan fingerprint density at radius 1 is 1.20 bits per heavy atom. The molecule has 0 aromatic heterocycles. The van der Waals surface area contributed by atoms with E-state index in [4.69, 9.17) is 5.73 Å². The molecule has 5 heteroatoms. The molecule has 0 spiro atoms. The van der Waals surface area contributed by atoms with Gasteiger partial charge in [-0.1, -0.05) is 28.1 Å². The molecule has 104 valence electrons. The van der Waals surface area contributed by atoms with Gasteiger partial charge in [0.15, 0.2) is 0 Å². The van der Waals surface area contributed by atoms with E-state index < -0.39 is 0 Å². The molecule has 0 aliphatic carbocycles. The average molecular weight is 350 g/mol. The van der Waals surface area contributed by atoms with Crippen molar-refractivity contribution in [2.75, 3.05) is 18.2 Å². The summed E-state index contributed by atoms with van der Waals surface area (Å²) in [5.74, 6) is 0.460. The monoisotopic (exact) mass is 349 g/mol. The Labute approximate surface area is 132 Å². The van der Waals surface area contributed by atoms with Crippen LogP contribution in [0.25, 0.3) is 0 Å². The highest BCUT2D eigenvalue weighted by Crippen LogP contribution is 2.22. The summed E-state index contributed by atoms with van der Waals surface area (Å²) >= 11 is 5.14. The van der Waals surface area contributed by atoms with E-state index in [-0.39, 0.29) is 0 Å². The topological polar surface area (TPSA) is 41.6 Å². The molecule has 20 heavy (non-hydrogen) atoms. The van der Waals surface area contributed by atoms with Crippen LogP contribution in [0.4, 0.5) is 11.4 Å². The van der Waals surface area contributed by atoms with Crippen molar-refractivity contribution in [3.05, 3.63) is 53.0 Å². The van der Waals surface area contributed by atoms with Gasteiger partial charge >= 0.3 is 0 Å².